The van der Waals surface area contributed by atoms with Crippen LogP contribution >= 0.6 is 0 Å². The molecule has 0 spiro atoms. The standard InChI is InChI=1S/C17H11F2N5O/c18-11-5-10(6-12(19)7-11)15-14-16(22-9-23-17(14)25-24-15)21-8-13-3-1-2-4-20-13/h1-7,9H,8H2,(H,21,22,23). The summed E-state index contributed by atoms with van der Waals surface area (Å²) in [6.07, 6.45) is 3.01. The molecule has 3 aromatic heterocycles. The zero-order valence-electron chi connectivity index (χ0n) is 12.8. The number of hydrogen-bond acceptors (Lipinski definition) is 6. The maximum absolute atomic E-state index is 13.5. The molecule has 0 aliphatic carbocycles. The summed E-state index contributed by atoms with van der Waals surface area (Å²) < 4.78 is 32.2. The van der Waals surface area contributed by atoms with Crippen LogP contribution in [0.4, 0.5) is 14.6 Å². The molecule has 0 fully saturated rings. The third-order valence-electron chi connectivity index (χ3n) is 3.57. The van der Waals surface area contributed by atoms with Gasteiger partial charge in [-0.2, -0.15) is 4.98 Å². The number of nitrogens with one attached hydrogen (secondary N) is 1. The second-order valence-corrected chi connectivity index (χ2v) is 5.27. The van der Waals surface area contributed by atoms with Crippen LogP contribution < -0.4 is 5.32 Å². The molecule has 0 saturated heterocycles. The molecule has 0 saturated carbocycles. The zero-order valence-corrected chi connectivity index (χ0v) is 12.8. The number of halogens is 2. The van der Waals surface area contributed by atoms with E-state index in [0.29, 0.717) is 17.7 Å². The Morgan fingerprint density at radius 2 is 1.84 bits per heavy atom. The number of benzene rings is 1. The van der Waals surface area contributed by atoms with Gasteiger partial charge in [0.2, 0.25) is 0 Å². The Kier molecular flexibility index (Phi) is 3.77. The van der Waals surface area contributed by atoms with Crippen molar-refractivity contribution in [3.63, 3.8) is 0 Å². The third kappa shape index (κ3) is 3.01. The molecule has 3 heterocycles. The number of nitrogens with zero attached hydrogens (tertiary/aromatic N) is 4. The van der Waals surface area contributed by atoms with Crippen LogP contribution in [-0.2, 0) is 6.54 Å². The van der Waals surface area contributed by atoms with Crippen molar-refractivity contribution in [1.29, 1.82) is 0 Å². The minimum Gasteiger partial charge on any atom is -0.364 e. The first-order valence-electron chi connectivity index (χ1n) is 7.41. The molecule has 124 valence electrons. The molecule has 25 heavy (non-hydrogen) atoms. The van der Waals surface area contributed by atoms with E-state index in [1.54, 1.807) is 6.20 Å². The Labute approximate surface area is 140 Å². The lowest BCUT2D eigenvalue weighted by Crippen LogP contribution is -2.03. The molecule has 0 radical (unpaired) electrons. The van der Waals surface area contributed by atoms with Gasteiger partial charge < -0.3 is 9.84 Å². The van der Waals surface area contributed by atoms with E-state index in [0.717, 1.165) is 11.8 Å². The van der Waals surface area contributed by atoms with Crippen molar-refractivity contribution >= 4 is 16.9 Å². The number of hydrogen-bond donors (Lipinski definition) is 1. The fourth-order valence-corrected chi connectivity index (χ4v) is 2.49. The van der Waals surface area contributed by atoms with Crippen LogP contribution in [0.15, 0.2) is 53.4 Å². The summed E-state index contributed by atoms with van der Waals surface area (Å²) in [5.74, 6) is -0.964. The zero-order chi connectivity index (χ0) is 17.2. The molecule has 8 heteroatoms. The second kappa shape index (κ2) is 6.23. The van der Waals surface area contributed by atoms with Gasteiger partial charge in [0.1, 0.15) is 34.9 Å². The van der Waals surface area contributed by atoms with Crippen molar-refractivity contribution in [2.45, 2.75) is 6.54 Å². The van der Waals surface area contributed by atoms with Crippen LogP contribution in [0.3, 0.4) is 0 Å². The number of aromatic nitrogens is 4. The summed E-state index contributed by atoms with van der Waals surface area (Å²) in [6, 6.07) is 8.71. The first kappa shape index (κ1) is 15.1. The van der Waals surface area contributed by atoms with Gasteiger partial charge in [-0.15, -0.1) is 0 Å². The molecule has 0 bridgehead atoms. The normalized spacial score (nSPS) is 11.0. The Morgan fingerprint density at radius 3 is 2.60 bits per heavy atom. The van der Waals surface area contributed by atoms with E-state index >= 15 is 0 Å². The molecule has 0 amide bonds. The van der Waals surface area contributed by atoms with Crippen LogP contribution in [0.25, 0.3) is 22.4 Å². The predicted molar refractivity (Wildman–Crippen MR) is 86.5 cm³/mol. The van der Waals surface area contributed by atoms with Crippen LogP contribution in [-0.4, -0.2) is 20.1 Å². The lowest BCUT2D eigenvalue weighted by atomic mass is 10.1. The Hall–Kier alpha value is -3.42. The molecular formula is C17H11F2N5O. The number of pyridine rings is 1. The summed E-state index contributed by atoms with van der Waals surface area (Å²) in [6.45, 7) is 0.412. The van der Waals surface area contributed by atoms with E-state index in [4.69, 9.17) is 4.52 Å². The Balaban J connectivity index is 1.76. The average molecular weight is 339 g/mol. The van der Waals surface area contributed by atoms with Gasteiger partial charge in [-0.25, -0.2) is 13.8 Å². The molecule has 1 N–H and O–H groups in total. The van der Waals surface area contributed by atoms with Gasteiger partial charge in [0.15, 0.2) is 0 Å². The van der Waals surface area contributed by atoms with Crippen molar-refractivity contribution in [3.05, 3.63) is 66.3 Å². The molecule has 6 nitrogen and oxygen atoms in total. The second-order valence-electron chi connectivity index (χ2n) is 5.27. The molecule has 0 aliphatic rings. The van der Waals surface area contributed by atoms with Crippen LogP contribution in [0.2, 0.25) is 0 Å². The van der Waals surface area contributed by atoms with Crippen molar-refractivity contribution in [3.8, 4) is 11.3 Å². The highest BCUT2D eigenvalue weighted by molar-refractivity contribution is 5.97. The van der Waals surface area contributed by atoms with Gasteiger partial charge >= 0.3 is 0 Å². The number of rotatable bonds is 4. The third-order valence-corrected chi connectivity index (χ3v) is 3.57. The van der Waals surface area contributed by atoms with E-state index in [2.05, 4.69) is 25.4 Å². The summed E-state index contributed by atoms with van der Waals surface area (Å²) in [4.78, 5) is 12.4. The fraction of sp³-hybridized carbons (Fsp3) is 0.0588. The van der Waals surface area contributed by atoms with Crippen molar-refractivity contribution in [1.82, 2.24) is 20.1 Å². The topological polar surface area (TPSA) is 76.7 Å². The highest BCUT2D eigenvalue weighted by Gasteiger charge is 2.18. The molecule has 4 aromatic rings. The molecule has 1 aromatic carbocycles. The summed E-state index contributed by atoms with van der Waals surface area (Å²) in [5, 5.41) is 7.47. The van der Waals surface area contributed by atoms with Gasteiger partial charge in [0.05, 0.1) is 12.2 Å². The highest BCUT2D eigenvalue weighted by atomic mass is 19.1. The number of fused-ring (bicyclic) bond motifs is 1. The van der Waals surface area contributed by atoms with Gasteiger partial charge in [-0.3, -0.25) is 4.98 Å². The van der Waals surface area contributed by atoms with Crippen molar-refractivity contribution in [2.24, 2.45) is 0 Å². The summed E-state index contributed by atoms with van der Waals surface area (Å²) >= 11 is 0. The van der Waals surface area contributed by atoms with E-state index in [9.17, 15) is 8.78 Å². The number of anilines is 1. The Morgan fingerprint density at radius 1 is 1.00 bits per heavy atom. The average Bonchev–Trinajstić information content (AvgIpc) is 3.05. The minimum atomic E-state index is -0.703. The fourth-order valence-electron chi connectivity index (χ4n) is 2.49. The molecular weight excluding hydrogens is 328 g/mol. The van der Waals surface area contributed by atoms with E-state index in [1.165, 1.54) is 18.5 Å². The van der Waals surface area contributed by atoms with Gasteiger partial charge in [-0.1, -0.05) is 11.2 Å². The van der Waals surface area contributed by atoms with Gasteiger partial charge in [0.25, 0.3) is 5.71 Å². The molecule has 0 atom stereocenters. The maximum atomic E-state index is 13.5. The smallest absolute Gasteiger partial charge is 0.263 e. The molecule has 0 aliphatic heterocycles. The van der Waals surface area contributed by atoms with E-state index in [-0.39, 0.29) is 17.0 Å². The predicted octanol–water partition coefficient (Wildman–Crippen LogP) is 3.57. The maximum Gasteiger partial charge on any atom is 0.263 e. The first-order valence-corrected chi connectivity index (χ1v) is 7.41. The van der Waals surface area contributed by atoms with Crippen LogP contribution in [0, 0.1) is 11.6 Å². The van der Waals surface area contributed by atoms with E-state index in [1.807, 2.05) is 18.2 Å². The largest absolute Gasteiger partial charge is 0.364 e. The molecule has 0 unspecified atom stereocenters. The van der Waals surface area contributed by atoms with Crippen molar-refractivity contribution in [2.75, 3.05) is 5.32 Å². The first-order chi connectivity index (χ1) is 12.2. The quantitative estimate of drug-likeness (QED) is 0.612. The minimum absolute atomic E-state index is 0.221. The van der Waals surface area contributed by atoms with Crippen LogP contribution in [0.1, 0.15) is 5.69 Å². The van der Waals surface area contributed by atoms with Gasteiger partial charge in [-0.05, 0) is 24.3 Å². The Bertz CT molecular complexity index is 1020. The summed E-state index contributed by atoms with van der Waals surface area (Å²) in [5.41, 5.74) is 1.53. The van der Waals surface area contributed by atoms with Crippen molar-refractivity contribution < 1.29 is 13.3 Å². The molecule has 4 rings (SSSR count). The van der Waals surface area contributed by atoms with Gasteiger partial charge in [0, 0.05) is 17.8 Å². The highest BCUT2D eigenvalue weighted by Crippen LogP contribution is 2.32. The lowest BCUT2D eigenvalue weighted by Gasteiger charge is -2.06. The van der Waals surface area contributed by atoms with Crippen LogP contribution in [0.5, 0.6) is 0 Å². The summed E-state index contributed by atoms with van der Waals surface area (Å²) in [7, 11) is 0. The monoisotopic (exact) mass is 339 g/mol. The SMILES string of the molecule is Fc1cc(F)cc(-c2noc3ncnc(NCc4ccccn4)c23)c1. The van der Waals surface area contributed by atoms with E-state index < -0.39 is 11.6 Å². The lowest BCUT2D eigenvalue weighted by molar-refractivity contribution is 0.451.